The second-order valence-electron chi connectivity index (χ2n) is 17.6. The number of nitrogens with zero attached hydrogens (tertiary/aromatic N) is 4. The highest BCUT2D eigenvalue weighted by Crippen LogP contribution is 2.42. The Morgan fingerprint density at radius 1 is 0.508 bits per heavy atom. The van der Waals surface area contributed by atoms with Crippen molar-refractivity contribution in [2.45, 2.75) is 52.4 Å². The maximum atomic E-state index is 6.65. The molecular weight excluding hydrogens is 721 g/mol. The van der Waals surface area contributed by atoms with Gasteiger partial charge in [-0.05, 0) is 112 Å². The summed E-state index contributed by atoms with van der Waals surface area (Å²) in [5, 5.41) is 3.46. The SMILES string of the molecule is CC(C)(C)c1ccc(N(c2ccc(-c3ccc(-n4c5ccccc5c5ccccc54)cc3-c3nc4c(ccc5cccnc54)o3)cc2)c2ccc(C(C)(C)C)cc2)cc1. The Morgan fingerprint density at radius 2 is 1.07 bits per heavy atom. The van der Waals surface area contributed by atoms with E-state index < -0.39 is 0 Å². The lowest BCUT2D eigenvalue weighted by Crippen LogP contribution is -2.14. The maximum Gasteiger partial charge on any atom is 0.228 e. The first-order valence-electron chi connectivity index (χ1n) is 20.4. The quantitative estimate of drug-likeness (QED) is 0.169. The number of rotatable bonds is 6. The van der Waals surface area contributed by atoms with Crippen LogP contribution >= 0.6 is 0 Å². The van der Waals surface area contributed by atoms with E-state index in [2.05, 4.69) is 197 Å². The number of fused-ring (bicyclic) bond motifs is 6. The molecule has 5 nitrogen and oxygen atoms in total. The normalized spacial score (nSPS) is 12.2. The van der Waals surface area contributed by atoms with Gasteiger partial charge in [0.2, 0.25) is 5.89 Å². The van der Waals surface area contributed by atoms with E-state index in [0.717, 1.165) is 66.9 Å². The first-order valence-corrected chi connectivity index (χ1v) is 20.4. The lowest BCUT2D eigenvalue weighted by atomic mass is 9.86. The number of anilines is 3. The molecule has 5 heteroatoms. The molecule has 288 valence electrons. The maximum absolute atomic E-state index is 6.65. The zero-order valence-electron chi connectivity index (χ0n) is 34.4. The predicted octanol–water partition coefficient (Wildman–Crippen LogP) is 14.9. The lowest BCUT2D eigenvalue weighted by molar-refractivity contribution is 0.590. The average molecular weight is 767 g/mol. The van der Waals surface area contributed by atoms with Crippen LogP contribution in [0.2, 0.25) is 0 Å². The second-order valence-corrected chi connectivity index (χ2v) is 17.6. The standard InChI is InChI=1S/C54H46N4O/c1-53(2,3)37-20-26-40(27-21-37)57(41-28-22-38(23-29-41)54(4,5)6)39-24-17-35(18-25-39)43-31-30-42(58-47-15-9-7-13-44(47)45-14-8-10-16-48(45)58)34-46(43)52-56-51-49(59-52)32-19-36-12-11-33-55-50(36)51/h7-34H,1-6H3. The van der Waals surface area contributed by atoms with Gasteiger partial charge in [0.15, 0.2) is 5.58 Å². The molecule has 0 bridgehead atoms. The largest absolute Gasteiger partial charge is 0.436 e. The summed E-state index contributed by atoms with van der Waals surface area (Å²) in [7, 11) is 0. The minimum Gasteiger partial charge on any atom is -0.436 e. The molecule has 0 atom stereocenters. The topological polar surface area (TPSA) is 47.1 Å². The van der Waals surface area contributed by atoms with Crippen molar-refractivity contribution in [3.63, 3.8) is 0 Å². The van der Waals surface area contributed by atoms with Gasteiger partial charge in [0, 0.05) is 50.7 Å². The molecule has 0 aliphatic carbocycles. The Kier molecular flexibility index (Phi) is 8.53. The molecule has 0 unspecified atom stereocenters. The Labute approximate surface area is 345 Å². The summed E-state index contributed by atoms with van der Waals surface area (Å²) < 4.78 is 8.99. The molecule has 10 rings (SSSR count). The van der Waals surface area contributed by atoms with Gasteiger partial charge < -0.3 is 13.9 Å². The molecule has 0 amide bonds. The van der Waals surface area contributed by atoms with Crippen molar-refractivity contribution in [2.24, 2.45) is 0 Å². The minimum atomic E-state index is 0.0620. The summed E-state index contributed by atoms with van der Waals surface area (Å²) in [4.78, 5) is 12.2. The fraction of sp³-hybridized carbons (Fsp3) is 0.148. The van der Waals surface area contributed by atoms with Crippen LogP contribution in [0.25, 0.3) is 72.1 Å². The van der Waals surface area contributed by atoms with Gasteiger partial charge in [-0.3, -0.25) is 4.98 Å². The van der Waals surface area contributed by atoms with Gasteiger partial charge in [0.1, 0.15) is 5.52 Å². The van der Waals surface area contributed by atoms with E-state index in [4.69, 9.17) is 14.4 Å². The van der Waals surface area contributed by atoms with Crippen LogP contribution in [0, 0.1) is 0 Å². The molecule has 0 spiro atoms. The molecule has 0 saturated heterocycles. The molecule has 0 saturated carbocycles. The van der Waals surface area contributed by atoms with Crippen LogP contribution < -0.4 is 4.90 Å². The Hall–Kier alpha value is -6.98. The number of benzene rings is 7. The third-order valence-electron chi connectivity index (χ3n) is 11.6. The summed E-state index contributed by atoms with van der Waals surface area (Å²) in [6.07, 6.45) is 1.81. The highest BCUT2D eigenvalue weighted by atomic mass is 16.3. The minimum absolute atomic E-state index is 0.0620. The van der Waals surface area contributed by atoms with E-state index in [0.29, 0.717) is 11.5 Å². The first-order chi connectivity index (χ1) is 28.5. The van der Waals surface area contributed by atoms with E-state index in [1.54, 1.807) is 0 Å². The highest BCUT2D eigenvalue weighted by molar-refractivity contribution is 6.09. The van der Waals surface area contributed by atoms with E-state index in [-0.39, 0.29) is 10.8 Å². The van der Waals surface area contributed by atoms with Crippen LogP contribution in [0.3, 0.4) is 0 Å². The number of hydrogen-bond acceptors (Lipinski definition) is 4. The highest BCUT2D eigenvalue weighted by Gasteiger charge is 2.22. The monoisotopic (exact) mass is 766 g/mol. The fourth-order valence-corrected chi connectivity index (χ4v) is 8.40. The zero-order chi connectivity index (χ0) is 40.5. The number of para-hydroxylation sites is 2. The molecule has 0 radical (unpaired) electrons. The number of oxazole rings is 1. The van der Waals surface area contributed by atoms with Gasteiger partial charge in [-0.25, -0.2) is 4.98 Å². The molecule has 10 aromatic rings. The summed E-state index contributed by atoms with van der Waals surface area (Å²) in [6.45, 7) is 13.5. The van der Waals surface area contributed by atoms with Crippen molar-refractivity contribution in [2.75, 3.05) is 4.90 Å². The summed E-state index contributed by atoms with van der Waals surface area (Å²) in [6, 6.07) is 58.8. The Morgan fingerprint density at radius 3 is 1.64 bits per heavy atom. The van der Waals surface area contributed by atoms with Crippen molar-refractivity contribution >= 4 is 60.9 Å². The Bertz CT molecular complexity index is 3050. The molecule has 0 aliphatic heterocycles. The summed E-state index contributed by atoms with van der Waals surface area (Å²) >= 11 is 0. The van der Waals surface area contributed by atoms with Crippen LogP contribution in [0.1, 0.15) is 52.7 Å². The van der Waals surface area contributed by atoms with Crippen molar-refractivity contribution in [1.82, 2.24) is 14.5 Å². The van der Waals surface area contributed by atoms with Gasteiger partial charge in [0.05, 0.1) is 16.6 Å². The van der Waals surface area contributed by atoms with Crippen LogP contribution in [-0.2, 0) is 10.8 Å². The molecule has 7 aromatic carbocycles. The van der Waals surface area contributed by atoms with Crippen LogP contribution in [-0.4, -0.2) is 14.5 Å². The second kappa shape index (κ2) is 13.8. The number of pyridine rings is 1. The smallest absolute Gasteiger partial charge is 0.228 e. The first kappa shape index (κ1) is 36.4. The van der Waals surface area contributed by atoms with Crippen molar-refractivity contribution < 1.29 is 4.42 Å². The molecule has 3 heterocycles. The molecule has 59 heavy (non-hydrogen) atoms. The average Bonchev–Trinajstić information content (AvgIpc) is 3.84. The van der Waals surface area contributed by atoms with E-state index in [1.807, 2.05) is 24.4 Å². The Balaban J connectivity index is 1.13. The van der Waals surface area contributed by atoms with Gasteiger partial charge >= 0.3 is 0 Å². The third kappa shape index (κ3) is 6.44. The van der Waals surface area contributed by atoms with E-state index in [1.165, 1.54) is 21.9 Å². The molecule has 0 N–H and O–H groups in total. The van der Waals surface area contributed by atoms with Crippen LogP contribution in [0.4, 0.5) is 17.1 Å². The van der Waals surface area contributed by atoms with Crippen molar-refractivity contribution in [3.8, 4) is 28.3 Å². The van der Waals surface area contributed by atoms with E-state index in [9.17, 15) is 0 Å². The van der Waals surface area contributed by atoms with Crippen LogP contribution in [0.5, 0.6) is 0 Å². The molecule has 3 aromatic heterocycles. The van der Waals surface area contributed by atoms with E-state index >= 15 is 0 Å². The van der Waals surface area contributed by atoms with Crippen LogP contribution in [0.15, 0.2) is 174 Å². The summed E-state index contributed by atoms with van der Waals surface area (Å²) in [5.41, 5.74) is 14.7. The van der Waals surface area contributed by atoms with Gasteiger partial charge in [-0.1, -0.05) is 126 Å². The van der Waals surface area contributed by atoms with Crippen molar-refractivity contribution in [1.29, 1.82) is 0 Å². The summed E-state index contributed by atoms with van der Waals surface area (Å²) in [5.74, 6) is 0.555. The number of aromatic nitrogens is 3. The van der Waals surface area contributed by atoms with Gasteiger partial charge in [0.25, 0.3) is 0 Å². The molecule has 0 fully saturated rings. The fourth-order valence-electron chi connectivity index (χ4n) is 8.40. The predicted molar refractivity (Wildman–Crippen MR) is 247 cm³/mol. The third-order valence-corrected chi connectivity index (χ3v) is 11.6. The number of hydrogen-bond donors (Lipinski definition) is 0. The molecular formula is C54H46N4O. The van der Waals surface area contributed by atoms with Crippen molar-refractivity contribution in [3.05, 3.63) is 181 Å². The lowest BCUT2D eigenvalue weighted by Gasteiger charge is -2.28. The van der Waals surface area contributed by atoms with Gasteiger partial charge in [-0.15, -0.1) is 0 Å². The molecule has 0 aliphatic rings. The zero-order valence-corrected chi connectivity index (χ0v) is 34.4. The van der Waals surface area contributed by atoms with Gasteiger partial charge in [-0.2, -0.15) is 0 Å².